The molecular weight excluding hydrogens is 362 g/mol. The monoisotopic (exact) mass is 397 g/mol. The standard InChI is InChI=1S/C24H35N3O2/c1-6-18(7-2)24(28)27(16-21-12-9-13-29-21)15-20-14-19-11-8-10-17(3)22(19)25-23(20)26(4)5/h8,10-11,14,18,21H,6-7,9,12-13,15-16H2,1-5H3. The number of aromatic nitrogens is 1. The molecule has 1 amide bonds. The third kappa shape index (κ3) is 4.89. The molecule has 0 radical (unpaired) electrons. The maximum Gasteiger partial charge on any atom is 0.226 e. The Morgan fingerprint density at radius 3 is 2.66 bits per heavy atom. The zero-order chi connectivity index (χ0) is 21.0. The molecule has 0 saturated carbocycles. The summed E-state index contributed by atoms with van der Waals surface area (Å²) in [5.74, 6) is 1.23. The van der Waals surface area contributed by atoms with E-state index in [0.717, 1.165) is 54.6 Å². The van der Waals surface area contributed by atoms with E-state index in [9.17, 15) is 4.79 Å². The van der Waals surface area contributed by atoms with E-state index < -0.39 is 0 Å². The van der Waals surface area contributed by atoms with Crippen LogP contribution in [0.3, 0.4) is 0 Å². The first-order valence-corrected chi connectivity index (χ1v) is 10.9. The van der Waals surface area contributed by atoms with Crippen LogP contribution < -0.4 is 4.90 Å². The molecule has 1 aromatic heterocycles. The van der Waals surface area contributed by atoms with Crippen molar-refractivity contribution in [2.45, 2.75) is 59.1 Å². The number of para-hydroxylation sites is 1. The molecule has 1 saturated heterocycles. The average molecular weight is 398 g/mol. The first-order valence-electron chi connectivity index (χ1n) is 10.9. The molecule has 0 bridgehead atoms. The van der Waals surface area contributed by atoms with Gasteiger partial charge in [-0.1, -0.05) is 32.0 Å². The highest BCUT2D eigenvalue weighted by atomic mass is 16.5. The molecule has 2 heterocycles. The lowest BCUT2D eigenvalue weighted by atomic mass is 10.0. The second-order valence-electron chi connectivity index (χ2n) is 8.38. The Morgan fingerprint density at radius 2 is 2.03 bits per heavy atom. The Balaban J connectivity index is 1.97. The van der Waals surface area contributed by atoms with E-state index in [1.807, 2.05) is 23.9 Å². The first-order chi connectivity index (χ1) is 13.9. The van der Waals surface area contributed by atoms with Gasteiger partial charge in [0.15, 0.2) is 0 Å². The van der Waals surface area contributed by atoms with Crippen LogP contribution >= 0.6 is 0 Å². The summed E-state index contributed by atoms with van der Waals surface area (Å²) in [6, 6.07) is 8.46. The van der Waals surface area contributed by atoms with Gasteiger partial charge in [0.1, 0.15) is 5.82 Å². The summed E-state index contributed by atoms with van der Waals surface area (Å²) in [6.07, 6.45) is 3.99. The van der Waals surface area contributed by atoms with Gasteiger partial charge in [0.2, 0.25) is 5.91 Å². The predicted octanol–water partition coefficient (Wildman–Crippen LogP) is 4.55. The molecule has 5 nitrogen and oxygen atoms in total. The fourth-order valence-electron chi connectivity index (χ4n) is 4.25. The number of carbonyl (C=O) groups excluding carboxylic acids is 1. The Labute approximate surface area is 175 Å². The van der Waals surface area contributed by atoms with Crippen molar-refractivity contribution < 1.29 is 9.53 Å². The summed E-state index contributed by atoms with van der Waals surface area (Å²) in [5.41, 5.74) is 3.28. The van der Waals surface area contributed by atoms with Crippen LogP contribution in [0.2, 0.25) is 0 Å². The lowest BCUT2D eigenvalue weighted by Crippen LogP contribution is -2.40. The minimum Gasteiger partial charge on any atom is -0.376 e. The number of ether oxygens (including phenoxy) is 1. The third-order valence-electron chi connectivity index (χ3n) is 5.98. The van der Waals surface area contributed by atoms with Crippen molar-refractivity contribution in [1.29, 1.82) is 0 Å². The Hall–Kier alpha value is -2.14. The van der Waals surface area contributed by atoms with E-state index in [1.54, 1.807) is 0 Å². The number of carbonyl (C=O) groups is 1. The molecule has 0 N–H and O–H groups in total. The lowest BCUT2D eigenvalue weighted by molar-refractivity contribution is -0.138. The Morgan fingerprint density at radius 1 is 1.28 bits per heavy atom. The number of benzene rings is 1. The number of pyridine rings is 1. The van der Waals surface area contributed by atoms with E-state index in [0.29, 0.717) is 13.1 Å². The van der Waals surface area contributed by atoms with E-state index in [-0.39, 0.29) is 17.9 Å². The molecule has 5 heteroatoms. The van der Waals surface area contributed by atoms with Crippen LogP contribution in [-0.4, -0.2) is 49.1 Å². The Kier molecular flexibility index (Phi) is 7.12. The molecule has 1 atom stereocenters. The van der Waals surface area contributed by atoms with Gasteiger partial charge in [-0.25, -0.2) is 4.98 Å². The van der Waals surface area contributed by atoms with Crippen LogP contribution in [0.25, 0.3) is 10.9 Å². The number of fused-ring (bicyclic) bond motifs is 1. The molecule has 158 valence electrons. The summed E-state index contributed by atoms with van der Waals surface area (Å²) >= 11 is 0. The first kappa shape index (κ1) is 21.6. The van der Waals surface area contributed by atoms with E-state index in [1.165, 1.54) is 5.56 Å². The topological polar surface area (TPSA) is 45.7 Å². The molecule has 1 aliphatic heterocycles. The largest absolute Gasteiger partial charge is 0.376 e. The number of amides is 1. The number of rotatable bonds is 8. The van der Waals surface area contributed by atoms with Crippen molar-refractivity contribution in [3.8, 4) is 0 Å². The van der Waals surface area contributed by atoms with Crippen LogP contribution in [0.5, 0.6) is 0 Å². The highest BCUT2D eigenvalue weighted by molar-refractivity contribution is 5.85. The van der Waals surface area contributed by atoms with Crippen LogP contribution in [0.1, 0.15) is 50.7 Å². The lowest BCUT2D eigenvalue weighted by Gasteiger charge is -2.30. The van der Waals surface area contributed by atoms with Crippen molar-refractivity contribution in [2.75, 3.05) is 32.1 Å². The van der Waals surface area contributed by atoms with Gasteiger partial charge in [-0.05, 0) is 44.2 Å². The van der Waals surface area contributed by atoms with Crippen LogP contribution in [-0.2, 0) is 16.1 Å². The number of aryl methyl sites for hydroxylation is 1. The quantitative estimate of drug-likeness (QED) is 0.655. The molecule has 3 rings (SSSR count). The molecule has 1 aromatic carbocycles. The summed E-state index contributed by atoms with van der Waals surface area (Å²) in [5, 5.41) is 1.12. The third-order valence-corrected chi connectivity index (χ3v) is 5.98. The minimum absolute atomic E-state index is 0.0647. The molecule has 29 heavy (non-hydrogen) atoms. The van der Waals surface area contributed by atoms with Gasteiger partial charge in [0, 0.05) is 50.7 Å². The second-order valence-corrected chi connectivity index (χ2v) is 8.38. The molecule has 0 spiro atoms. The van der Waals surface area contributed by atoms with Gasteiger partial charge >= 0.3 is 0 Å². The molecule has 2 aromatic rings. The minimum atomic E-state index is 0.0647. The van der Waals surface area contributed by atoms with Crippen LogP contribution in [0.4, 0.5) is 5.82 Å². The smallest absolute Gasteiger partial charge is 0.226 e. The molecule has 0 aliphatic carbocycles. The summed E-state index contributed by atoms with van der Waals surface area (Å²) in [7, 11) is 4.03. The van der Waals surface area contributed by atoms with E-state index in [4.69, 9.17) is 9.72 Å². The molecule has 1 unspecified atom stereocenters. The normalized spacial score (nSPS) is 16.6. The van der Waals surface area contributed by atoms with E-state index >= 15 is 0 Å². The highest BCUT2D eigenvalue weighted by Crippen LogP contribution is 2.27. The maximum absolute atomic E-state index is 13.3. The van der Waals surface area contributed by atoms with Crippen molar-refractivity contribution in [3.05, 3.63) is 35.4 Å². The van der Waals surface area contributed by atoms with Gasteiger partial charge in [-0.2, -0.15) is 0 Å². The Bertz CT molecular complexity index is 839. The second kappa shape index (κ2) is 9.57. The zero-order valence-corrected chi connectivity index (χ0v) is 18.6. The van der Waals surface area contributed by atoms with Gasteiger partial charge in [-0.3, -0.25) is 4.79 Å². The van der Waals surface area contributed by atoms with Gasteiger partial charge in [0.05, 0.1) is 11.6 Å². The maximum atomic E-state index is 13.3. The van der Waals surface area contributed by atoms with Gasteiger partial charge in [0.25, 0.3) is 0 Å². The van der Waals surface area contributed by atoms with Crippen molar-refractivity contribution in [1.82, 2.24) is 9.88 Å². The van der Waals surface area contributed by atoms with Gasteiger partial charge < -0.3 is 14.5 Å². The number of nitrogens with zero attached hydrogens (tertiary/aromatic N) is 3. The molecule has 1 fully saturated rings. The predicted molar refractivity (Wildman–Crippen MR) is 119 cm³/mol. The van der Waals surface area contributed by atoms with Crippen molar-refractivity contribution in [2.24, 2.45) is 5.92 Å². The number of hydrogen-bond acceptors (Lipinski definition) is 4. The highest BCUT2D eigenvalue weighted by Gasteiger charge is 2.27. The SMILES string of the molecule is CCC(CC)C(=O)N(Cc1cc2cccc(C)c2nc1N(C)C)CC1CCCO1. The summed E-state index contributed by atoms with van der Waals surface area (Å²) < 4.78 is 5.86. The number of anilines is 1. The van der Waals surface area contributed by atoms with Crippen LogP contribution in [0, 0.1) is 12.8 Å². The van der Waals surface area contributed by atoms with Gasteiger partial charge in [-0.15, -0.1) is 0 Å². The van der Waals surface area contributed by atoms with E-state index in [2.05, 4.69) is 45.0 Å². The summed E-state index contributed by atoms with van der Waals surface area (Å²) in [6.45, 7) is 8.32. The number of hydrogen-bond donors (Lipinski definition) is 0. The van der Waals surface area contributed by atoms with Crippen molar-refractivity contribution in [3.63, 3.8) is 0 Å². The zero-order valence-electron chi connectivity index (χ0n) is 18.6. The molecule has 1 aliphatic rings. The van der Waals surface area contributed by atoms with Crippen molar-refractivity contribution >= 4 is 22.6 Å². The fourth-order valence-corrected chi connectivity index (χ4v) is 4.25. The fraction of sp³-hybridized carbons (Fsp3) is 0.583. The van der Waals surface area contributed by atoms with Crippen LogP contribution in [0.15, 0.2) is 24.3 Å². The average Bonchev–Trinajstić information content (AvgIpc) is 3.21. The summed E-state index contributed by atoms with van der Waals surface area (Å²) in [4.78, 5) is 22.4. The molecular formula is C24H35N3O2.